The minimum absolute atomic E-state index is 0.00812. The topological polar surface area (TPSA) is 62.6 Å². The van der Waals surface area contributed by atoms with E-state index in [1.807, 2.05) is 13.0 Å². The molecule has 0 atom stereocenters. The van der Waals surface area contributed by atoms with Gasteiger partial charge < -0.3 is 14.2 Å². The number of hydrogen-bond donors (Lipinski definition) is 0. The van der Waals surface area contributed by atoms with Gasteiger partial charge in [-0.25, -0.2) is 0 Å². The van der Waals surface area contributed by atoms with Crippen molar-refractivity contribution in [2.24, 2.45) is 0 Å². The van der Waals surface area contributed by atoms with Crippen LogP contribution in [0.2, 0.25) is 0 Å². The molecular weight excluding hydrogens is 430 g/mol. The summed E-state index contributed by atoms with van der Waals surface area (Å²) in [4.78, 5) is 18.1. The molecule has 0 fully saturated rings. The van der Waals surface area contributed by atoms with Crippen molar-refractivity contribution in [3.05, 3.63) is 84.0 Å². The molecular formula is C25H21F2N2O4. The summed E-state index contributed by atoms with van der Waals surface area (Å²) < 4.78 is 41.8. The summed E-state index contributed by atoms with van der Waals surface area (Å²) >= 11 is 0. The van der Waals surface area contributed by atoms with Crippen LogP contribution in [0.5, 0.6) is 17.4 Å². The Balaban J connectivity index is 1.90. The van der Waals surface area contributed by atoms with Gasteiger partial charge in [-0.1, -0.05) is 12.1 Å². The van der Waals surface area contributed by atoms with Gasteiger partial charge in [-0.2, -0.15) is 13.8 Å². The van der Waals surface area contributed by atoms with Crippen molar-refractivity contribution in [1.82, 2.24) is 9.55 Å². The average Bonchev–Trinajstić information content (AvgIpc) is 2.80. The summed E-state index contributed by atoms with van der Waals surface area (Å²) in [5.41, 5.74) is 1.65. The summed E-state index contributed by atoms with van der Waals surface area (Å²) in [6.07, 6.45) is 0. The molecule has 8 heteroatoms. The van der Waals surface area contributed by atoms with Gasteiger partial charge in [-0.3, -0.25) is 9.36 Å². The zero-order valence-electron chi connectivity index (χ0n) is 17.8. The predicted molar refractivity (Wildman–Crippen MR) is 121 cm³/mol. The summed E-state index contributed by atoms with van der Waals surface area (Å²) in [6.45, 7) is 3.27. The number of pyridine rings is 2. The lowest BCUT2D eigenvalue weighted by atomic mass is 10.1. The number of ether oxygens (including phenoxy) is 3. The molecule has 0 N–H and O–H groups in total. The normalized spacial score (nSPS) is 11.1. The van der Waals surface area contributed by atoms with Crippen LogP contribution in [0.15, 0.2) is 71.5 Å². The Kier molecular flexibility index (Phi) is 6.53. The molecule has 0 spiro atoms. The molecule has 0 aliphatic carbocycles. The summed E-state index contributed by atoms with van der Waals surface area (Å²) in [6, 6.07) is 18.2. The SMILES string of the molecule is [CH2]COc1ccc(-c2cc3ccc(OCC)nc3n(-c3ccc(OC(F)F)cc3)c2=O)cc1. The second-order valence-corrected chi connectivity index (χ2v) is 6.94. The van der Waals surface area contributed by atoms with Crippen LogP contribution in [0.1, 0.15) is 6.92 Å². The maximum atomic E-state index is 13.6. The molecule has 0 unspecified atom stereocenters. The molecule has 0 saturated heterocycles. The van der Waals surface area contributed by atoms with Crippen LogP contribution in [0.4, 0.5) is 8.78 Å². The maximum absolute atomic E-state index is 13.6. The van der Waals surface area contributed by atoms with Gasteiger partial charge in [-0.05, 0) is 67.9 Å². The van der Waals surface area contributed by atoms with Crippen molar-refractivity contribution in [1.29, 1.82) is 0 Å². The van der Waals surface area contributed by atoms with E-state index in [1.54, 1.807) is 36.4 Å². The standard InChI is InChI=1S/C25H21F2N2O4/c1-3-31-19-10-5-16(6-11-19)21-15-17-7-14-22(32-4-2)28-23(17)29(24(21)30)18-8-12-20(13-9-18)33-25(26)27/h5-15,25H,1,3-4H2,2H3. The summed E-state index contributed by atoms with van der Waals surface area (Å²) in [5.74, 6) is 1.01. The number of aromatic nitrogens is 2. The highest BCUT2D eigenvalue weighted by Gasteiger charge is 2.15. The number of fused-ring (bicyclic) bond motifs is 1. The first-order chi connectivity index (χ1) is 16.0. The molecule has 2 aromatic heterocycles. The first-order valence-corrected chi connectivity index (χ1v) is 10.3. The third-order valence-corrected chi connectivity index (χ3v) is 4.87. The molecule has 169 valence electrons. The van der Waals surface area contributed by atoms with Crippen LogP contribution >= 0.6 is 0 Å². The first-order valence-electron chi connectivity index (χ1n) is 10.3. The van der Waals surface area contributed by atoms with Crippen LogP contribution in [-0.4, -0.2) is 29.4 Å². The van der Waals surface area contributed by atoms with Crippen LogP contribution in [0.3, 0.4) is 0 Å². The van der Waals surface area contributed by atoms with E-state index in [4.69, 9.17) is 9.47 Å². The van der Waals surface area contributed by atoms with Crippen LogP contribution < -0.4 is 19.8 Å². The molecule has 0 bridgehead atoms. The molecule has 4 aromatic rings. The smallest absolute Gasteiger partial charge is 0.387 e. The molecule has 4 rings (SSSR count). The molecule has 0 aliphatic heterocycles. The van der Waals surface area contributed by atoms with Crippen molar-refractivity contribution in [2.45, 2.75) is 13.5 Å². The maximum Gasteiger partial charge on any atom is 0.387 e. The van der Waals surface area contributed by atoms with Crippen molar-refractivity contribution >= 4 is 11.0 Å². The van der Waals surface area contributed by atoms with E-state index < -0.39 is 6.61 Å². The predicted octanol–water partition coefficient (Wildman–Crippen LogP) is 5.27. The Morgan fingerprint density at radius 3 is 2.30 bits per heavy atom. The van der Waals surface area contributed by atoms with Gasteiger partial charge in [0.25, 0.3) is 5.56 Å². The van der Waals surface area contributed by atoms with Gasteiger partial charge in [0.15, 0.2) is 5.65 Å². The summed E-state index contributed by atoms with van der Waals surface area (Å²) in [5, 5.41) is 0.707. The molecule has 2 aromatic carbocycles. The number of alkyl halides is 2. The average molecular weight is 451 g/mol. The van der Waals surface area contributed by atoms with Gasteiger partial charge in [0.05, 0.1) is 18.9 Å². The second kappa shape index (κ2) is 9.68. The quantitative estimate of drug-likeness (QED) is 0.365. The van der Waals surface area contributed by atoms with Gasteiger partial charge in [0.1, 0.15) is 11.5 Å². The molecule has 2 heterocycles. The van der Waals surface area contributed by atoms with Crippen LogP contribution in [0, 0.1) is 6.92 Å². The largest absolute Gasteiger partial charge is 0.494 e. The minimum Gasteiger partial charge on any atom is -0.494 e. The van der Waals surface area contributed by atoms with Crippen LogP contribution in [0.25, 0.3) is 27.8 Å². The highest BCUT2D eigenvalue weighted by molar-refractivity contribution is 5.83. The van der Waals surface area contributed by atoms with Gasteiger partial charge in [0.2, 0.25) is 5.88 Å². The number of hydrogen-bond acceptors (Lipinski definition) is 5. The lowest BCUT2D eigenvalue weighted by Gasteiger charge is -2.14. The lowest BCUT2D eigenvalue weighted by Crippen LogP contribution is -2.21. The molecule has 0 saturated carbocycles. The van der Waals surface area contributed by atoms with Crippen molar-refractivity contribution in [3.8, 4) is 34.2 Å². The number of benzene rings is 2. The summed E-state index contributed by atoms with van der Waals surface area (Å²) in [7, 11) is 0. The van der Waals surface area contributed by atoms with E-state index in [9.17, 15) is 13.6 Å². The van der Waals surface area contributed by atoms with Crippen molar-refractivity contribution in [2.75, 3.05) is 13.2 Å². The highest BCUT2D eigenvalue weighted by Crippen LogP contribution is 2.26. The fourth-order valence-corrected chi connectivity index (χ4v) is 3.47. The minimum atomic E-state index is -2.94. The Hall–Kier alpha value is -3.94. The first kappa shape index (κ1) is 22.3. The number of rotatable bonds is 8. The van der Waals surface area contributed by atoms with E-state index in [0.717, 1.165) is 0 Å². The van der Waals surface area contributed by atoms with Gasteiger partial charge >= 0.3 is 6.61 Å². The molecule has 0 aliphatic rings. The van der Waals surface area contributed by atoms with Crippen LogP contribution in [-0.2, 0) is 0 Å². The Bertz CT molecular complexity index is 1300. The van der Waals surface area contributed by atoms with Crippen molar-refractivity contribution in [3.63, 3.8) is 0 Å². The van der Waals surface area contributed by atoms with E-state index in [2.05, 4.69) is 16.6 Å². The fraction of sp³-hybridized carbons (Fsp3) is 0.160. The zero-order chi connectivity index (χ0) is 23.4. The van der Waals surface area contributed by atoms with E-state index in [1.165, 1.54) is 28.8 Å². The molecule has 1 radical (unpaired) electrons. The van der Waals surface area contributed by atoms with E-state index in [-0.39, 0.29) is 11.3 Å². The Morgan fingerprint density at radius 1 is 0.970 bits per heavy atom. The third kappa shape index (κ3) is 4.79. The fourth-order valence-electron chi connectivity index (χ4n) is 3.47. The van der Waals surface area contributed by atoms with Crippen molar-refractivity contribution < 1.29 is 23.0 Å². The lowest BCUT2D eigenvalue weighted by molar-refractivity contribution is -0.0498. The van der Waals surface area contributed by atoms with Gasteiger partial charge in [-0.15, -0.1) is 0 Å². The zero-order valence-corrected chi connectivity index (χ0v) is 17.8. The molecule has 6 nitrogen and oxygen atoms in total. The Labute approximate surface area is 189 Å². The third-order valence-electron chi connectivity index (χ3n) is 4.87. The van der Waals surface area contributed by atoms with E-state index >= 15 is 0 Å². The number of halogens is 2. The molecule has 0 amide bonds. The molecule has 33 heavy (non-hydrogen) atoms. The number of nitrogens with zero attached hydrogens (tertiary/aromatic N) is 2. The highest BCUT2D eigenvalue weighted by atomic mass is 19.3. The van der Waals surface area contributed by atoms with Gasteiger partial charge in [0, 0.05) is 17.0 Å². The van der Waals surface area contributed by atoms with E-state index in [0.29, 0.717) is 52.7 Å². The monoisotopic (exact) mass is 451 g/mol. The Morgan fingerprint density at radius 2 is 1.67 bits per heavy atom. The second-order valence-electron chi connectivity index (χ2n) is 6.94.